The van der Waals surface area contributed by atoms with E-state index >= 15 is 0 Å². The number of carbonyl (C=O) groups is 4. The Labute approximate surface area is 715 Å². The fourth-order valence-electron chi connectivity index (χ4n) is 15.5. The van der Waals surface area contributed by atoms with Crippen LogP contribution in [0.4, 0.5) is 0 Å². The van der Waals surface area contributed by atoms with Crippen LogP contribution < -0.4 is 0 Å². The zero-order valence-corrected chi connectivity index (χ0v) is 78.3. The number of esters is 4. The van der Waals surface area contributed by atoms with Gasteiger partial charge in [-0.15, -0.1) is 0 Å². The number of phosphoric ester groups is 2. The largest absolute Gasteiger partial charge is 0.472 e. The number of carbonyl (C=O) groups excluding carboxylic acids is 4. The van der Waals surface area contributed by atoms with Crippen molar-refractivity contribution in [3.8, 4) is 0 Å². The maximum atomic E-state index is 13.2. The number of rotatable bonds is 98. The van der Waals surface area contributed by atoms with Gasteiger partial charge in [-0.2, -0.15) is 0 Å². The van der Waals surface area contributed by atoms with E-state index in [1.807, 2.05) is 0 Å². The van der Waals surface area contributed by atoms with Crippen LogP contribution in [-0.4, -0.2) is 96.7 Å². The summed E-state index contributed by atoms with van der Waals surface area (Å²) in [4.78, 5) is 73.6. The van der Waals surface area contributed by atoms with Crippen molar-refractivity contribution in [3.63, 3.8) is 0 Å². The van der Waals surface area contributed by atoms with E-state index in [1.165, 1.54) is 372 Å². The fraction of sp³-hybridized carbons (Fsp3) is 0.959. The molecule has 0 radical (unpaired) electrons. The fourth-order valence-corrected chi connectivity index (χ4v) is 17.0. The van der Waals surface area contributed by atoms with E-state index in [0.29, 0.717) is 25.7 Å². The van der Waals surface area contributed by atoms with E-state index in [0.717, 1.165) is 89.9 Å². The Kier molecular flexibility index (Phi) is 89.3. The van der Waals surface area contributed by atoms with Crippen molar-refractivity contribution in [3.05, 3.63) is 0 Å². The molecule has 0 amide bonds. The average Bonchev–Trinajstić information content (AvgIpc) is 0.898. The Hall–Kier alpha value is -1.94. The van der Waals surface area contributed by atoms with Gasteiger partial charge in [-0.3, -0.25) is 37.3 Å². The second kappa shape index (κ2) is 90.8. The van der Waals surface area contributed by atoms with Crippen molar-refractivity contribution >= 4 is 39.5 Å². The molecule has 19 heteroatoms. The summed E-state index contributed by atoms with van der Waals surface area (Å²) in [5.74, 6) is -2.08. The zero-order chi connectivity index (χ0) is 84.5. The predicted molar refractivity (Wildman–Crippen MR) is 483 cm³/mol. The Balaban J connectivity index is 5.24. The number of aliphatic hydroxyl groups is 1. The molecule has 17 nitrogen and oxygen atoms in total. The minimum Gasteiger partial charge on any atom is -0.462 e. The quantitative estimate of drug-likeness (QED) is 0.0222. The van der Waals surface area contributed by atoms with Gasteiger partial charge in [0.1, 0.15) is 19.3 Å². The summed E-state index contributed by atoms with van der Waals surface area (Å²) in [5, 5.41) is 10.7. The lowest BCUT2D eigenvalue weighted by Gasteiger charge is -2.21. The first-order valence-electron chi connectivity index (χ1n) is 50.3. The van der Waals surface area contributed by atoms with E-state index in [1.54, 1.807) is 0 Å². The molecule has 0 bridgehead atoms. The molecule has 0 rings (SSSR count). The van der Waals surface area contributed by atoms with Crippen LogP contribution in [-0.2, 0) is 65.4 Å². The van der Waals surface area contributed by atoms with Crippen LogP contribution in [0.5, 0.6) is 0 Å². The molecule has 0 aromatic rings. The standard InChI is InChI=1S/C97H190O17P2/c1-5-9-13-17-21-25-29-33-36-39-42-45-48-51-54-58-62-66-70-74-78-82-95(100)108-88-93(114-97(102)84-80-76-72-68-64-60-56-53-50-47-44-41-38-35-31-27-23-19-15-11-7-3)90-112-116(105,106)110-86-91(98)85-109-115(103,104)111-89-92(87-107-94(99)81-77-73-69-65-61-57-32-28-24-20-16-12-8-4)113-96(101)83-79-75-71-67-63-59-55-52-49-46-43-40-37-34-30-26-22-18-14-10-6-2/h91-93,98H,5-90H2,1-4H3,(H,103,104)(H,105,106)/t91-,92+,93+/m0/s1. The third-order valence-electron chi connectivity index (χ3n) is 23.1. The molecule has 690 valence electrons. The van der Waals surface area contributed by atoms with Gasteiger partial charge in [0.05, 0.1) is 26.4 Å². The summed E-state index contributed by atoms with van der Waals surface area (Å²) in [6.45, 7) is 5.12. The van der Waals surface area contributed by atoms with Crippen LogP contribution in [0.2, 0.25) is 0 Å². The molecule has 0 aromatic carbocycles. The third kappa shape index (κ3) is 89.8. The Morgan fingerprint density at radius 3 is 0.509 bits per heavy atom. The summed E-state index contributed by atoms with van der Waals surface area (Å²) >= 11 is 0. The Morgan fingerprint density at radius 2 is 0.345 bits per heavy atom. The van der Waals surface area contributed by atoms with Gasteiger partial charge in [-0.25, -0.2) is 9.13 Å². The molecule has 116 heavy (non-hydrogen) atoms. The van der Waals surface area contributed by atoms with Gasteiger partial charge in [-0.1, -0.05) is 490 Å². The molecule has 0 saturated heterocycles. The van der Waals surface area contributed by atoms with E-state index in [4.69, 9.17) is 37.0 Å². The van der Waals surface area contributed by atoms with Crippen LogP contribution in [0.3, 0.4) is 0 Å². The van der Waals surface area contributed by atoms with Crippen molar-refractivity contribution in [2.75, 3.05) is 39.6 Å². The first-order valence-corrected chi connectivity index (χ1v) is 53.3. The normalized spacial score (nSPS) is 13.5. The minimum atomic E-state index is -4.97. The van der Waals surface area contributed by atoms with Gasteiger partial charge < -0.3 is 33.8 Å². The maximum absolute atomic E-state index is 13.2. The number of ether oxygens (including phenoxy) is 4. The van der Waals surface area contributed by atoms with E-state index in [2.05, 4.69) is 27.7 Å². The molecular weight excluding hydrogens is 1500 g/mol. The Bertz CT molecular complexity index is 2170. The second-order valence-corrected chi connectivity index (χ2v) is 37.7. The molecule has 0 aliphatic rings. The highest BCUT2D eigenvalue weighted by Crippen LogP contribution is 2.45. The van der Waals surface area contributed by atoms with Crippen molar-refractivity contribution in [2.45, 2.75) is 560 Å². The summed E-state index contributed by atoms with van der Waals surface area (Å²) in [6, 6.07) is 0. The van der Waals surface area contributed by atoms with Gasteiger partial charge in [0, 0.05) is 25.7 Å². The second-order valence-electron chi connectivity index (χ2n) is 34.8. The predicted octanol–water partition coefficient (Wildman–Crippen LogP) is 30.8. The number of phosphoric acid groups is 2. The number of hydrogen-bond acceptors (Lipinski definition) is 15. The van der Waals surface area contributed by atoms with Gasteiger partial charge in [0.2, 0.25) is 0 Å². The SMILES string of the molecule is CCCCCCCCCCCCCCCCCCCCCCCC(=O)OC[C@H](COP(=O)(O)OC[C@@H](O)COP(=O)(O)OC[C@@H](COC(=O)CCCCCCCCCCCCCCC)OC(=O)CCCCCCCCCCCCCCCCCCCCCCC)OC(=O)CCCCCCCCCCCCCCCCCCCCCCC. The summed E-state index contributed by atoms with van der Waals surface area (Å²) in [5.41, 5.74) is 0. The molecule has 0 heterocycles. The Morgan fingerprint density at radius 1 is 0.207 bits per heavy atom. The summed E-state index contributed by atoms with van der Waals surface area (Å²) < 4.78 is 69.3. The highest BCUT2D eigenvalue weighted by molar-refractivity contribution is 7.47. The lowest BCUT2D eigenvalue weighted by Crippen LogP contribution is -2.30. The van der Waals surface area contributed by atoms with Crippen LogP contribution in [0.15, 0.2) is 0 Å². The minimum absolute atomic E-state index is 0.110. The lowest BCUT2D eigenvalue weighted by molar-refractivity contribution is -0.161. The average molecular weight is 1690 g/mol. The number of aliphatic hydroxyl groups excluding tert-OH is 1. The van der Waals surface area contributed by atoms with Crippen LogP contribution in [0.25, 0.3) is 0 Å². The topological polar surface area (TPSA) is 237 Å². The van der Waals surface area contributed by atoms with Gasteiger partial charge in [-0.05, 0) is 25.7 Å². The maximum Gasteiger partial charge on any atom is 0.472 e. The smallest absolute Gasteiger partial charge is 0.462 e. The molecule has 3 N–H and O–H groups in total. The number of hydrogen-bond donors (Lipinski definition) is 3. The first-order chi connectivity index (χ1) is 56.7. The summed E-state index contributed by atoms with van der Waals surface area (Å²) in [6.07, 6.45) is 90.5. The highest BCUT2D eigenvalue weighted by atomic mass is 31.2. The first kappa shape index (κ1) is 114. The molecular formula is C97H190O17P2. The summed E-state index contributed by atoms with van der Waals surface area (Å²) in [7, 11) is -9.94. The highest BCUT2D eigenvalue weighted by Gasteiger charge is 2.31. The lowest BCUT2D eigenvalue weighted by atomic mass is 10.0. The molecule has 0 spiro atoms. The number of unbranched alkanes of at least 4 members (excludes halogenated alkanes) is 72. The van der Waals surface area contributed by atoms with Crippen molar-refractivity contribution in [1.82, 2.24) is 0 Å². The molecule has 2 unspecified atom stereocenters. The molecule has 0 saturated carbocycles. The monoisotopic (exact) mass is 1690 g/mol. The van der Waals surface area contributed by atoms with Crippen LogP contribution >= 0.6 is 15.6 Å². The van der Waals surface area contributed by atoms with Gasteiger partial charge >= 0.3 is 39.5 Å². The third-order valence-corrected chi connectivity index (χ3v) is 25.0. The van der Waals surface area contributed by atoms with E-state index in [-0.39, 0.29) is 25.7 Å². The van der Waals surface area contributed by atoms with Gasteiger partial charge in [0.25, 0.3) is 0 Å². The van der Waals surface area contributed by atoms with Gasteiger partial charge in [0.15, 0.2) is 12.2 Å². The van der Waals surface area contributed by atoms with Crippen molar-refractivity contribution in [2.24, 2.45) is 0 Å². The van der Waals surface area contributed by atoms with Crippen LogP contribution in [0, 0.1) is 0 Å². The molecule has 0 fully saturated rings. The molecule has 0 aliphatic carbocycles. The molecule has 0 aliphatic heterocycles. The van der Waals surface area contributed by atoms with E-state index in [9.17, 15) is 43.2 Å². The van der Waals surface area contributed by atoms with E-state index < -0.39 is 97.5 Å². The van der Waals surface area contributed by atoms with Crippen molar-refractivity contribution in [1.29, 1.82) is 0 Å². The van der Waals surface area contributed by atoms with Crippen molar-refractivity contribution < 1.29 is 80.2 Å². The molecule has 0 aromatic heterocycles. The van der Waals surface area contributed by atoms with Crippen LogP contribution in [0.1, 0.15) is 541 Å². The zero-order valence-electron chi connectivity index (χ0n) is 76.5. The molecule has 5 atom stereocenters.